The van der Waals surface area contributed by atoms with E-state index in [4.69, 9.17) is 0 Å². The molecule has 1 saturated carbocycles. The highest BCUT2D eigenvalue weighted by Crippen LogP contribution is 2.50. The summed E-state index contributed by atoms with van der Waals surface area (Å²) in [5.41, 5.74) is 1.23. The van der Waals surface area contributed by atoms with Gasteiger partial charge in [-0.25, -0.2) is 0 Å². The fourth-order valence-electron chi connectivity index (χ4n) is 3.66. The van der Waals surface area contributed by atoms with E-state index in [-0.39, 0.29) is 0 Å². The maximum Gasteiger partial charge on any atom is 0.00533 e. The summed E-state index contributed by atoms with van der Waals surface area (Å²) in [6, 6.07) is 0.751. The van der Waals surface area contributed by atoms with Gasteiger partial charge in [-0.05, 0) is 49.9 Å². The number of rotatable bonds is 1. The van der Waals surface area contributed by atoms with Crippen LogP contribution in [0, 0.1) is 16.7 Å². The lowest BCUT2D eigenvalue weighted by atomic mass is 9.59. The van der Waals surface area contributed by atoms with Crippen molar-refractivity contribution in [2.75, 3.05) is 13.1 Å². The zero-order valence-corrected chi connectivity index (χ0v) is 11.8. The topological polar surface area (TPSA) is 3.24 Å². The molecule has 2 rings (SSSR count). The van der Waals surface area contributed by atoms with Gasteiger partial charge in [0, 0.05) is 19.1 Å². The average Bonchev–Trinajstić information content (AvgIpc) is 2.12. The van der Waals surface area contributed by atoms with Gasteiger partial charge in [0.05, 0.1) is 0 Å². The Labute approximate surface area is 102 Å². The van der Waals surface area contributed by atoms with E-state index in [1.807, 2.05) is 0 Å². The second kappa shape index (κ2) is 4.01. The molecule has 1 aliphatic heterocycles. The van der Waals surface area contributed by atoms with Crippen LogP contribution in [0.5, 0.6) is 0 Å². The van der Waals surface area contributed by atoms with Crippen molar-refractivity contribution in [2.45, 2.75) is 66.3 Å². The monoisotopic (exact) mass is 223 g/mol. The Hall–Kier alpha value is -0.0400. The molecule has 0 aromatic rings. The first-order valence-electron chi connectivity index (χ1n) is 7.06. The Morgan fingerprint density at radius 2 is 1.81 bits per heavy atom. The maximum absolute atomic E-state index is 2.64. The summed E-state index contributed by atoms with van der Waals surface area (Å²) in [5.74, 6) is 0.954. The first-order valence-corrected chi connectivity index (χ1v) is 7.06. The van der Waals surface area contributed by atoms with Gasteiger partial charge in [-0.15, -0.1) is 0 Å². The molecule has 0 bridgehead atoms. The van der Waals surface area contributed by atoms with Gasteiger partial charge in [-0.3, -0.25) is 4.90 Å². The van der Waals surface area contributed by atoms with E-state index < -0.39 is 0 Å². The van der Waals surface area contributed by atoms with E-state index in [1.165, 1.54) is 38.8 Å². The first kappa shape index (κ1) is 12.4. The molecule has 0 amide bonds. The summed E-state index contributed by atoms with van der Waals surface area (Å²) in [4.78, 5) is 2.64. The second-order valence-corrected chi connectivity index (χ2v) is 7.66. The Morgan fingerprint density at radius 1 is 1.19 bits per heavy atom. The van der Waals surface area contributed by atoms with Crippen LogP contribution >= 0.6 is 0 Å². The lowest BCUT2D eigenvalue weighted by Gasteiger charge is -2.57. The molecule has 0 aromatic carbocycles. The molecule has 1 heteroatoms. The summed E-state index contributed by atoms with van der Waals surface area (Å²) < 4.78 is 0. The molecule has 1 aliphatic carbocycles. The fraction of sp³-hybridized carbons (Fsp3) is 1.00. The van der Waals surface area contributed by atoms with Crippen LogP contribution in [0.1, 0.15) is 60.3 Å². The maximum atomic E-state index is 2.64. The van der Waals surface area contributed by atoms with Crippen molar-refractivity contribution < 1.29 is 0 Å². The Kier molecular flexibility index (Phi) is 3.11. The zero-order valence-electron chi connectivity index (χ0n) is 11.8. The highest BCUT2D eigenvalue weighted by atomic mass is 15.2. The van der Waals surface area contributed by atoms with Gasteiger partial charge in [0.2, 0.25) is 0 Å². The van der Waals surface area contributed by atoms with E-state index in [1.54, 1.807) is 0 Å². The van der Waals surface area contributed by atoms with Crippen LogP contribution in [0.2, 0.25) is 0 Å². The molecule has 1 unspecified atom stereocenters. The van der Waals surface area contributed by atoms with E-state index >= 15 is 0 Å². The predicted octanol–water partition coefficient (Wildman–Crippen LogP) is 3.93. The molecule has 0 aromatic heterocycles. The largest absolute Gasteiger partial charge is 0.300 e. The third-order valence-corrected chi connectivity index (χ3v) is 4.97. The van der Waals surface area contributed by atoms with Gasteiger partial charge in [-0.2, -0.15) is 0 Å². The average molecular weight is 223 g/mol. The standard InChI is InChI=1S/C15H29N/c1-12(2)16-10-15(11-16)8-6-7-13(9-15)14(3,4)5/h12-13H,6-11H2,1-5H3. The van der Waals surface area contributed by atoms with Gasteiger partial charge in [-0.1, -0.05) is 27.2 Å². The molecule has 1 saturated heterocycles. The van der Waals surface area contributed by atoms with Crippen LogP contribution in [-0.4, -0.2) is 24.0 Å². The minimum atomic E-state index is 0.520. The Bertz CT molecular complexity index is 243. The normalized spacial score (nSPS) is 30.8. The van der Waals surface area contributed by atoms with Gasteiger partial charge >= 0.3 is 0 Å². The summed E-state index contributed by atoms with van der Waals surface area (Å²) in [7, 11) is 0. The van der Waals surface area contributed by atoms with Crippen molar-refractivity contribution in [2.24, 2.45) is 16.7 Å². The predicted molar refractivity (Wildman–Crippen MR) is 70.6 cm³/mol. The summed E-state index contributed by atoms with van der Waals surface area (Å²) in [5, 5.41) is 0. The van der Waals surface area contributed by atoms with Crippen molar-refractivity contribution in [1.82, 2.24) is 4.90 Å². The Balaban J connectivity index is 1.94. The number of hydrogen-bond acceptors (Lipinski definition) is 1. The van der Waals surface area contributed by atoms with E-state index in [0.29, 0.717) is 10.8 Å². The van der Waals surface area contributed by atoms with Gasteiger partial charge in [0.15, 0.2) is 0 Å². The summed E-state index contributed by atoms with van der Waals surface area (Å²) >= 11 is 0. The lowest BCUT2D eigenvalue weighted by Crippen LogP contribution is -2.60. The quantitative estimate of drug-likeness (QED) is 0.651. The SMILES string of the molecule is CC(C)N1CC2(CCCC(C(C)(C)C)C2)C1. The van der Waals surface area contributed by atoms with Crippen LogP contribution in [-0.2, 0) is 0 Å². The molecule has 1 nitrogen and oxygen atoms in total. The van der Waals surface area contributed by atoms with Gasteiger partial charge in [0.25, 0.3) is 0 Å². The highest BCUT2D eigenvalue weighted by Gasteiger charge is 2.48. The van der Waals surface area contributed by atoms with Crippen LogP contribution in [0.25, 0.3) is 0 Å². The lowest BCUT2D eigenvalue weighted by molar-refractivity contribution is -0.0745. The fourth-order valence-corrected chi connectivity index (χ4v) is 3.66. The zero-order chi connectivity index (χ0) is 12.0. The molecule has 1 spiro atoms. The summed E-state index contributed by atoms with van der Waals surface area (Å²) in [6.45, 7) is 14.7. The number of hydrogen-bond donors (Lipinski definition) is 0. The molecule has 94 valence electrons. The van der Waals surface area contributed by atoms with Crippen molar-refractivity contribution in [1.29, 1.82) is 0 Å². The molecule has 0 N–H and O–H groups in total. The molecular weight excluding hydrogens is 194 g/mol. The van der Waals surface area contributed by atoms with E-state index in [0.717, 1.165) is 12.0 Å². The molecule has 0 radical (unpaired) electrons. The van der Waals surface area contributed by atoms with Crippen LogP contribution in [0.3, 0.4) is 0 Å². The van der Waals surface area contributed by atoms with Crippen molar-refractivity contribution in [3.05, 3.63) is 0 Å². The van der Waals surface area contributed by atoms with Crippen LogP contribution in [0.4, 0.5) is 0 Å². The molecule has 1 atom stereocenters. The van der Waals surface area contributed by atoms with Crippen molar-refractivity contribution in [3.63, 3.8) is 0 Å². The third-order valence-electron chi connectivity index (χ3n) is 4.97. The minimum Gasteiger partial charge on any atom is -0.300 e. The molecule has 2 fully saturated rings. The van der Waals surface area contributed by atoms with E-state index in [9.17, 15) is 0 Å². The third kappa shape index (κ3) is 2.30. The van der Waals surface area contributed by atoms with Crippen molar-refractivity contribution >= 4 is 0 Å². The molecule has 16 heavy (non-hydrogen) atoms. The number of likely N-dealkylation sites (tertiary alicyclic amines) is 1. The van der Waals surface area contributed by atoms with Crippen LogP contribution in [0.15, 0.2) is 0 Å². The molecule has 1 heterocycles. The first-order chi connectivity index (χ1) is 7.32. The number of nitrogens with zero attached hydrogens (tertiary/aromatic N) is 1. The van der Waals surface area contributed by atoms with Gasteiger partial charge < -0.3 is 0 Å². The minimum absolute atomic E-state index is 0.520. The van der Waals surface area contributed by atoms with E-state index in [2.05, 4.69) is 39.5 Å². The molecular formula is C15H29N. The molecule has 2 aliphatic rings. The Morgan fingerprint density at radius 3 is 2.31 bits per heavy atom. The van der Waals surface area contributed by atoms with Gasteiger partial charge in [0.1, 0.15) is 0 Å². The second-order valence-electron chi connectivity index (χ2n) is 7.66. The van der Waals surface area contributed by atoms with Crippen LogP contribution < -0.4 is 0 Å². The van der Waals surface area contributed by atoms with Crippen molar-refractivity contribution in [3.8, 4) is 0 Å². The smallest absolute Gasteiger partial charge is 0.00533 e. The highest BCUT2D eigenvalue weighted by molar-refractivity contribution is 5.00. The summed E-state index contributed by atoms with van der Waals surface area (Å²) in [6.07, 6.45) is 5.91.